The Kier molecular flexibility index (Phi) is 4.16. The highest BCUT2D eigenvalue weighted by Crippen LogP contribution is 2.26. The van der Waals surface area contributed by atoms with E-state index in [1.54, 1.807) is 6.20 Å². The number of nitrogens with zero attached hydrogens (tertiary/aromatic N) is 1. The lowest BCUT2D eigenvalue weighted by atomic mass is 9.90. The van der Waals surface area contributed by atoms with Gasteiger partial charge in [-0.05, 0) is 0 Å². The minimum absolute atomic E-state index is 0.138. The molecule has 5 heteroatoms. The van der Waals surface area contributed by atoms with Crippen LogP contribution in [0.15, 0.2) is 6.20 Å². The maximum absolute atomic E-state index is 11.9. The van der Waals surface area contributed by atoms with E-state index >= 15 is 0 Å². The zero-order valence-electron chi connectivity index (χ0n) is 9.20. The molecule has 0 atom stereocenters. The minimum atomic E-state index is -0.340. The van der Waals surface area contributed by atoms with Crippen LogP contribution in [-0.2, 0) is 0 Å². The molecular weight excluding hydrogens is 228 g/mol. The van der Waals surface area contributed by atoms with Gasteiger partial charge in [0.15, 0.2) is 10.9 Å². The van der Waals surface area contributed by atoms with Gasteiger partial charge in [-0.3, -0.25) is 4.79 Å². The van der Waals surface area contributed by atoms with E-state index in [1.165, 1.54) is 11.3 Å². The molecule has 0 saturated carbocycles. The van der Waals surface area contributed by atoms with Crippen LogP contribution in [0.2, 0.25) is 0 Å². The van der Waals surface area contributed by atoms with Crippen molar-refractivity contribution < 1.29 is 4.79 Å². The second-order valence-corrected chi connectivity index (χ2v) is 5.74. The lowest BCUT2D eigenvalue weighted by Gasteiger charge is -2.14. The number of anilines is 1. The summed E-state index contributed by atoms with van der Waals surface area (Å²) in [4.78, 5) is 16.7. The van der Waals surface area contributed by atoms with E-state index < -0.39 is 0 Å². The molecule has 1 rings (SSSR count). The summed E-state index contributed by atoms with van der Waals surface area (Å²) in [5.41, 5.74) is -0.340. The highest BCUT2D eigenvalue weighted by Gasteiger charge is 2.24. The summed E-state index contributed by atoms with van der Waals surface area (Å²) in [5, 5.41) is 3.89. The second kappa shape index (κ2) is 4.99. The number of thiazole rings is 1. The van der Waals surface area contributed by atoms with Gasteiger partial charge in [0, 0.05) is 17.7 Å². The number of hydrogen-bond donors (Lipinski definition) is 2. The van der Waals surface area contributed by atoms with E-state index in [4.69, 9.17) is 0 Å². The highest BCUT2D eigenvalue weighted by molar-refractivity contribution is 7.80. The zero-order chi connectivity index (χ0) is 11.5. The summed E-state index contributed by atoms with van der Waals surface area (Å²) in [5.74, 6) is 0.890. The van der Waals surface area contributed by atoms with Crippen molar-refractivity contribution in [1.29, 1.82) is 0 Å². The third-order valence-electron chi connectivity index (χ3n) is 1.80. The van der Waals surface area contributed by atoms with Crippen molar-refractivity contribution in [2.75, 3.05) is 17.6 Å². The average Bonchev–Trinajstić information content (AvgIpc) is 2.60. The van der Waals surface area contributed by atoms with Gasteiger partial charge in [-0.25, -0.2) is 4.98 Å². The fraction of sp³-hybridized carbons (Fsp3) is 0.600. The Balaban J connectivity index is 2.72. The van der Waals surface area contributed by atoms with Gasteiger partial charge in [0.05, 0.1) is 11.1 Å². The van der Waals surface area contributed by atoms with Gasteiger partial charge >= 0.3 is 0 Å². The zero-order valence-corrected chi connectivity index (χ0v) is 10.9. The molecule has 0 bridgehead atoms. The molecule has 0 aliphatic carbocycles. The van der Waals surface area contributed by atoms with E-state index in [0.717, 1.165) is 17.4 Å². The van der Waals surface area contributed by atoms with Crippen molar-refractivity contribution in [3.63, 3.8) is 0 Å². The molecule has 3 nitrogen and oxygen atoms in total. The predicted octanol–water partition coefficient (Wildman–Crippen LogP) is 2.71. The van der Waals surface area contributed by atoms with E-state index in [2.05, 4.69) is 22.9 Å². The molecule has 1 aromatic rings. The summed E-state index contributed by atoms with van der Waals surface area (Å²) in [6, 6.07) is 0. The van der Waals surface area contributed by atoms with Crippen molar-refractivity contribution in [2.24, 2.45) is 5.41 Å². The van der Waals surface area contributed by atoms with Crippen LogP contribution in [0, 0.1) is 5.41 Å². The summed E-state index contributed by atoms with van der Waals surface area (Å²) in [6.07, 6.45) is 1.64. The van der Waals surface area contributed by atoms with Gasteiger partial charge in [-0.2, -0.15) is 12.6 Å². The lowest BCUT2D eigenvalue weighted by molar-refractivity contribution is 0.0862. The minimum Gasteiger partial charge on any atom is -0.361 e. The number of Topliss-reactive ketones (excluding diaryl/α,β-unsaturated/α-hetero) is 1. The van der Waals surface area contributed by atoms with Crippen LogP contribution in [0.5, 0.6) is 0 Å². The third-order valence-corrected chi connectivity index (χ3v) is 2.98. The Morgan fingerprint density at radius 1 is 1.60 bits per heavy atom. The van der Waals surface area contributed by atoms with E-state index in [0.29, 0.717) is 4.88 Å². The lowest BCUT2D eigenvalue weighted by Crippen LogP contribution is -2.18. The van der Waals surface area contributed by atoms with Crippen LogP contribution < -0.4 is 5.32 Å². The molecular formula is C10H16N2OS2. The summed E-state index contributed by atoms with van der Waals surface area (Å²) < 4.78 is 0. The SMILES string of the molecule is CC(C)(C)C(=O)c1cnc(NCCS)s1. The molecule has 1 N–H and O–H groups in total. The summed E-state index contributed by atoms with van der Waals surface area (Å²) in [6.45, 7) is 6.50. The van der Waals surface area contributed by atoms with Gasteiger partial charge in [0.2, 0.25) is 0 Å². The van der Waals surface area contributed by atoms with Crippen molar-refractivity contribution in [3.8, 4) is 0 Å². The number of aromatic nitrogens is 1. The number of carbonyl (C=O) groups is 1. The first-order valence-corrected chi connectivity index (χ1v) is 6.25. The van der Waals surface area contributed by atoms with Gasteiger partial charge in [0.1, 0.15) is 0 Å². The number of rotatable bonds is 4. The van der Waals surface area contributed by atoms with Crippen LogP contribution in [0.25, 0.3) is 0 Å². The fourth-order valence-corrected chi connectivity index (χ4v) is 2.10. The number of carbonyl (C=O) groups excluding carboxylic acids is 1. The number of hydrogen-bond acceptors (Lipinski definition) is 5. The molecule has 0 aromatic carbocycles. The number of ketones is 1. The first kappa shape index (κ1) is 12.5. The van der Waals surface area contributed by atoms with Crippen LogP contribution in [0.4, 0.5) is 5.13 Å². The van der Waals surface area contributed by atoms with Crippen molar-refractivity contribution in [3.05, 3.63) is 11.1 Å². The van der Waals surface area contributed by atoms with Crippen LogP contribution in [0.1, 0.15) is 30.4 Å². The van der Waals surface area contributed by atoms with E-state index in [-0.39, 0.29) is 11.2 Å². The van der Waals surface area contributed by atoms with Crippen molar-refractivity contribution in [2.45, 2.75) is 20.8 Å². The Morgan fingerprint density at radius 2 is 2.27 bits per heavy atom. The Labute approximate surface area is 99.7 Å². The third kappa shape index (κ3) is 3.50. The van der Waals surface area contributed by atoms with Crippen LogP contribution in [-0.4, -0.2) is 23.1 Å². The molecule has 1 aromatic heterocycles. The van der Waals surface area contributed by atoms with Crippen molar-refractivity contribution in [1.82, 2.24) is 4.98 Å². The molecule has 0 amide bonds. The first-order chi connectivity index (χ1) is 6.95. The molecule has 0 fully saturated rings. The quantitative estimate of drug-likeness (QED) is 0.632. The molecule has 0 aliphatic rings. The largest absolute Gasteiger partial charge is 0.361 e. The van der Waals surface area contributed by atoms with Gasteiger partial charge in [0.25, 0.3) is 0 Å². The molecule has 1 heterocycles. The molecule has 0 aliphatic heterocycles. The topological polar surface area (TPSA) is 42.0 Å². The average molecular weight is 244 g/mol. The molecule has 15 heavy (non-hydrogen) atoms. The maximum atomic E-state index is 11.9. The van der Waals surface area contributed by atoms with Crippen LogP contribution >= 0.6 is 24.0 Å². The van der Waals surface area contributed by atoms with Gasteiger partial charge in [-0.15, -0.1) is 0 Å². The molecule has 0 spiro atoms. The normalized spacial score (nSPS) is 11.5. The van der Waals surface area contributed by atoms with E-state index in [1.807, 2.05) is 20.8 Å². The van der Waals surface area contributed by atoms with Crippen LogP contribution in [0.3, 0.4) is 0 Å². The second-order valence-electron chi connectivity index (χ2n) is 4.26. The van der Waals surface area contributed by atoms with Gasteiger partial charge < -0.3 is 5.32 Å². The Bertz CT molecular complexity index is 341. The van der Waals surface area contributed by atoms with Crippen molar-refractivity contribution >= 4 is 34.9 Å². The smallest absolute Gasteiger partial charge is 0.183 e. The molecule has 84 valence electrons. The highest BCUT2D eigenvalue weighted by atomic mass is 32.1. The number of thiol groups is 1. The molecule has 0 saturated heterocycles. The monoisotopic (exact) mass is 244 g/mol. The van der Waals surface area contributed by atoms with Gasteiger partial charge in [-0.1, -0.05) is 32.1 Å². The summed E-state index contributed by atoms with van der Waals surface area (Å²) in [7, 11) is 0. The first-order valence-electron chi connectivity index (χ1n) is 4.80. The summed E-state index contributed by atoms with van der Waals surface area (Å²) >= 11 is 5.49. The van der Waals surface area contributed by atoms with E-state index in [9.17, 15) is 4.79 Å². The Hall–Kier alpha value is -0.550. The standard InChI is InChI=1S/C10H16N2OS2/c1-10(2,3)8(13)7-6-12-9(15-7)11-4-5-14/h6,14H,4-5H2,1-3H3,(H,11,12). The fourth-order valence-electron chi connectivity index (χ4n) is 0.993. The predicted molar refractivity (Wildman–Crippen MR) is 68.2 cm³/mol. The molecule has 0 unspecified atom stereocenters. The maximum Gasteiger partial charge on any atom is 0.183 e. The Morgan fingerprint density at radius 3 is 2.80 bits per heavy atom. The molecule has 0 radical (unpaired) electrons. The number of nitrogens with one attached hydrogen (secondary N) is 1.